The zero-order valence-electron chi connectivity index (χ0n) is 11.6. The molecule has 9 nitrogen and oxygen atoms in total. The number of nitrogens with two attached hydrogens (primary N) is 1. The third kappa shape index (κ3) is 5.84. The molecule has 0 saturated heterocycles. The fourth-order valence-electron chi connectivity index (χ4n) is 1.13. The summed E-state index contributed by atoms with van der Waals surface area (Å²) >= 11 is 9.41. The highest BCUT2D eigenvalue weighted by molar-refractivity contribution is 7.81. The first kappa shape index (κ1) is 20.1. The smallest absolute Gasteiger partial charge is 0.364 e. The van der Waals surface area contributed by atoms with Crippen molar-refractivity contribution >= 4 is 41.6 Å². The van der Waals surface area contributed by atoms with E-state index in [1.54, 1.807) is 13.8 Å². The van der Waals surface area contributed by atoms with Crippen LogP contribution >= 0.6 is 24.2 Å². The molecule has 0 aliphatic rings. The van der Waals surface area contributed by atoms with Gasteiger partial charge in [-0.1, -0.05) is 17.7 Å². The van der Waals surface area contributed by atoms with Crippen LogP contribution in [0.2, 0.25) is 5.02 Å². The lowest BCUT2D eigenvalue weighted by molar-refractivity contribution is -0.422. The number of nitrogens with zero attached hydrogens (tertiary/aromatic N) is 2. The molecule has 3 N–H and O–H groups in total. The molecule has 1 aromatic rings. The van der Waals surface area contributed by atoms with Crippen LogP contribution in [-0.4, -0.2) is 31.7 Å². The van der Waals surface area contributed by atoms with Gasteiger partial charge in [0, 0.05) is 10.8 Å². The number of nitro benzene ring substituents is 2. The lowest BCUT2D eigenvalue weighted by Crippen LogP contribution is -2.45. The maximum atomic E-state index is 10.4. The third-order valence-corrected chi connectivity index (χ3v) is 2.96. The SMILES string of the molecule is CC(C)(S)[C@@H](N)C(=O)O.O=[N+]([O-])c1cccc(Cl)c1[N+](=O)[O-]. The van der Waals surface area contributed by atoms with E-state index in [-0.39, 0.29) is 5.02 Å². The Morgan fingerprint density at radius 3 is 2.09 bits per heavy atom. The minimum absolute atomic E-state index is 0.237. The van der Waals surface area contributed by atoms with Gasteiger partial charge in [0.25, 0.3) is 0 Å². The number of thiol groups is 1. The first-order chi connectivity index (χ1) is 9.89. The van der Waals surface area contributed by atoms with Crippen molar-refractivity contribution in [1.82, 2.24) is 0 Å². The molecule has 22 heavy (non-hydrogen) atoms. The van der Waals surface area contributed by atoms with Gasteiger partial charge in [-0.25, -0.2) is 0 Å². The molecule has 1 atom stereocenters. The Morgan fingerprint density at radius 2 is 1.86 bits per heavy atom. The molecule has 0 unspecified atom stereocenters. The number of aliphatic carboxylic acids is 1. The van der Waals surface area contributed by atoms with Gasteiger partial charge < -0.3 is 10.8 Å². The standard InChI is InChI=1S/C6H3ClN2O4.C5H11NO2S/c7-4-2-1-3-5(8(10)11)6(4)9(12)13;1-5(2,9)3(6)4(7)8/h1-3H;3,9H,6H2,1-2H3,(H,7,8)/t;3-/m.0/s1. The summed E-state index contributed by atoms with van der Waals surface area (Å²) in [5, 5.41) is 28.8. The second kappa shape index (κ2) is 7.92. The van der Waals surface area contributed by atoms with Crippen molar-refractivity contribution in [2.24, 2.45) is 5.73 Å². The van der Waals surface area contributed by atoms with E-state index in [0.717, 1.165) is 6.07 Å². The van der Waals surface area contributed by atoms with Crippen LogP contribution in [-0.2, 0) is 4.79 Å². The Hall–Kier alpha value is -1.91. The molecule has 0 bridgehead atoms. The second-order valence-corrected chi connectivity index (χ2v) is 6.15. The van der Waals surface area contributed by atoms with Crippen molar-refractivity contribution in [2.45, 2.75) is 24.6 Å². The van der Waals surface area contributed by atoms with Crippen LogP contribution in [0.25, 0.3) is 0 Å². The highest BCUT2D eigenvalue weighted by atomic mass is 35.5. The van der Waals surface area contributed by atoms with E-state index in [9.17, 15) is 25.0 Å². The summed E-state index contributed by atoms with van der Waals surface area (Å²) < 4.78 is -0.647. The van der Waals surface area contributed by atoms with Crippen LogP contribution in [0.4, 0.5) is 11.4 Å². The van der Waals surface area contributed by atoms with E-state index in [1.807, 2.05) is 0 Å². The van der Waals surface area contributed by atoms with Crippen molar-refractivity contribution < 1.29 is 19.7 Å². The molecule has 1 rings (SSSR count). The molecule has 0 radical (unpaired) electrons. The van der Waals surface area contributed by atoms with Crippen LogP contribution in [0.1, 0.15) is 13.8 Å². The molecule has 11 heteroatoms. The molecule has 0 fully saturated rings. The lowest BCUT2D eigenvalue weighted by atomic mass is 10.1. The molecule has 122 valence electrons. The summed E-state index contributed by atoms with van der Waals surface area (Å²) in [6.07, 6.45) is 0. The van der Waals surface area contributed by atoms with Crippen LogP contribution in [0.5, 0.6) is 0 Å². The molecular weight excluding hydrogens is 338 g/mol. The van der Waals surface area contributed by atoms with Gasteiger partial charge in [0.1, 0.15) is 11.1 Å². The zero-order chi connectivity index (χ0) is 17.7. The second-order valence-electron chi connectivity index (χ2n) is 4.59. The molecule has 0 spiro atoms. The number of halogens is 1. The molecule has 0 aliphatic carbocycles. The monoisotopic (exact) mass is 351 g/mol. The van der Waals surface area contributed by atoms with Gasteiger partial charge in [0.05, 0.1) is 9.85 Å². The number of para-hydroxylation sites is 1. The van der Waals surface area contributed by atoms with Crippen LogP contribution in [0, 0.1) is 20.2 Å². The van der Waals surface area contributed by atoms with Crippen molar-refractivity contribution in [3.8, 4) is 0 Å². The van der Waals surface area contributed by atoms with Crippen molar-refractivity contribution in [1.29, 1.82) is 0 Å². The summed E-state index contributed by atoms with van der Waals surface area (Å²) in [5.74, 6) is -1.02. The number of carboxylic acid groups (broad SMARTS) is 1. The average Bonchev–Trinajstić information content (AvgIpc) is 2.36. The van der Waals surface area contributed by atoms with Crippen molar-refractivity contribution in [3.05, 3.63) is 43.5 Å². The highest BCUT2D eigenvalue weighted by Crippen LogP contribution is 2.33. The van der Waals surface area contributed by atoms with Crippen LogP contribution in [0.3, 0.4) is 0 Å². The fraction of sp³-hybridized carbons (Fsp3) is 0.364. The van der Waals surface area contributed by atoms with E-state index in [4.69, 9.17) is 22.4 Å². The van der Waals surface area contributed by atoms with Crippen molar-refractivity contribution in [2.75, 3.05) is 0 Å². The predicted octanol–water partition coefficient (Wildman–Crippen LogP) is 2.26. The number of carboxylic acids is 1. The number of hydrogen-bond acceptors (Lipinski definition) is 7. The number of rotatable bonds is 4. The van der Waals surface area contributed by atoms with Gasteiger partial charge in [0.2, 0.25) is 0 Å². The van der Waals surface area contributed by atoms with Gasteiger partial charge in [-0.2, -0.15) is 12.6 Å². The third-order valence-electron chi connectivity index (χ3n) is 2.37. The summed E-state index contributed by atoms with van der Waals surface area (Å²) in [7, 11) is 0. The molecular formula is C11H14ClN3O6S. The molecule has 0 saturated carbocycles. The van der Waals surface area contributed by atoms with Gasteiger partial charge in [-0.15, -0.1) is 0 Å². The average molecular weight is 352 g/mol. The molecule has 1 aromatic carbocycles. The molecule has 0 heterocycles. The Kier molecular flexibility index (Phi) is 7.23. The summed E-state index contributed by atoms with van der Waals surface area (Å²) in [6.45, 7) is 3.32. The van der Waals surface area contributed by atoms with Gasteiger partial charge in [0.15, 0.2) is 0 Å². The topological polar surface area (TPSA) is 150 Å². The van der Waals surface area contributed by atoms with Gasteiger partial charge >= 0.3 is 17.3 Å². The number of benzene rings is 1. The molecule has 0 aromatic heterocycles. The summed E-state index contributed by atoms with van der Waals surface area (Å²) in [6, 6.07) is 2.64. The van der Waals surface area contributed by atoms with E-state index < -0.39 is 38.0 Å². The fourth-order valence-corrected chi connectivity index (χ4v) is 1.48. The van der Waals surface area contributed by atoms with Crippen molar-refractivity contribution in [3.63, 3.8) is 0 Å². The number of carbonyl (C=O) groups is 1. The molecule has 0 aliphatic heterocycles. The minimum atomic E-state index is -1.02. The highest BCUT2D eigenvalue weighted by Gasteiger charge is 2.28. The normalized spacial score (nSPS) is 11.9. The minimum Gasteiger partial charge on any atom is -0.480 e. The van der Waals surface area contributed by atoms with Gasteiger partial charge in [-0.05, 0) is 19.9 Å². The van der Waals surface area contributed by atoms with E-state index in [1.165, 1.54) is 12.1 Å². The first-order valence-corrected chi connectivity index (χ1v) is 6.50. The molecule has 0 amide bonds. The number of nitro groups is 2. The van der Waals surface area contributed by atoms with E-state index >= 15 is 0 Å². The van der Waals surface area contributed by atoms with E-state index in [2.05, 4.69) is 12.6 Å². The Balaban J connectivity index is 0.000000433. The summed E-state index contributed by atoms with van der Waals surface area (Å²) in [4.78, 5) is 29.1. The Labute approximate surface area is 135 Å². The van der Waals surface area contributed by atoms with Crippen LogP contribution in [0.15, 0.2) is 18.2 Å². The van der Waals surface area contributed by atoms with Gasteiger partial charge in [-0.3, -0.25) is 25.0 Å². The lowest BCUT2D eigenvalue weighted by Gasteiger charge is -2.21. The zero-order valence-corrected chi connectivity index (χ0v) is 13.2. The Bertz CT molecular complexity index is 590. The number of hydrogen-bond donors (Lipinski definition) is 3. The predicted molar refractivity (Wildman–Crippen MR) is 83.4 cm³/mol. The quantitative estimate of drug-likeness (QED) is 0.427. The Morgan fingerprint density at radius 1 is 1.36 bits per heavy atom. The van der Waals surface area contributed by atoms with E-state index in [0.29, 0.717) is 0 Å². The van der Waals surface area contributed by atoms with Crippen LogP contribution < -0.4 is 5.73 Å². The summed E-state index contributed by atoms with van der Waals surface area (Å²) in [5.41, 5.74) is 3.95. The maximum Gasteiger partial charge on any atom is 0.364 e. The maximum absolute atomic E-state index is 10.4. The first-order valence-electron chi connectivity index (χ1n) is 5.67. The largest absolute Gasteiger partial charge is 0.480 e.